The highest BCUT2D eigenvalue weighted by molar-refractivity contribution is 5.83. The first-order valence-electron chi connectivity index (χ1n) is 5.36. The Bertz CT molecular complexity index is 360. The molecule has 0 radical (unpaired) electrons. The third-order valence-electron chi connectivity index (χ3n) is 2.51. The first-order chi connectivity index (χ1) is 7.34. The molecule has 1 aromatic carbocycles. The predicted octanol–water partition coefficient (Wildman–Crippen LogP) is 2.15. The summed E-state index contributed by atoms with van der Waals surface area (Å²) in [5, 5.41) is 3.28. The van der Waals surface area contributed by atoms with E-state index < -0.39 is 0 Å². The number of nitrogens with zero attached hydrogens (tertiary/aromatic N) is 1. The summed E-state index contributed by atoms with van der Waals surface area (Å²) in [4.78, 5) is 4.32. The zero-order valence-corrected chi connectivity index (χ0v) is 8.67. The first-order valence-corrected chi connectivity index (χ1v) is 5.36. The zero-order valence-electron chi connectivity index (χ0n) is 8.67. The highest BCUT2D eigenvalue weighted by Gasteiger charge is 2.04. The van der Waals surface area contributed by atoms with E-state index in [1.807, 2.05) is 6.07 Å². The van der Waals surface area contributed by atoms with E-state index in [1.165, 1.54) is 6.07 Å². The molecule has 0 bridgehead atoms. The van der Waals surface area contributed by atoms with Crippen LogP contribution < -0.4 is 5.32 Å². The Balaban J connectivity index is 1.78. The van der Waals surface area contributed by atoms with Crippen molar-refractivity contribution >= 4 is 5.84 Å². The number of aliphatic imine (C=N–C) groups is 1. The summed E-state index contributed by atoms with van der Waals surface area (Å²) in [6, 6.07) is 6.75. The number of hydrogen-bond donors (Lipinski definition) is 1. The topological polar surface area (TPSA) is 24.4 Å². The van der Waals surface area contributed by atoms with Crippen LogP contribution in [0.3, 0.4) is 0 Å². The molecule has 3 heteroatoms. The van der Waals surface area contributed by atoms with E-state index in [9.17, 15) is 4.39 Å². The van der Waals surface area contributed by atoms with E-state index in [2.05, 4.69) is 10.3 Å². The van der Waals surface area contributed by atoms with Gasteiger partial charge in [-0.15, -0.1) is 0 Å². The molecule has 0 amide bonds. The number of benzene rings is 1. The van der Waals surface area contributed by atoms with Gasteiger partial charge in [0.1, 0.15) is 5.82 Å². The van der Waals surface area contributed by atoms with E-state index in [-0.39, 0.29) is 5.82 Å². The van der Waals surface area contributed by atoms with Crippen LogP contribution in [0.5, 0.6) is 0 Å². The number of rotatable bonds is 3. The van der Waals surface area contributed by atoms with Crippen LogP contribution in [0.4, 0.5) is 4.39 Å². The standard InChI is InChI=1S/C12H15FN2/c13-11-4-1-3-10(9-11)6-8-15-12-5-2-7-14-12/h1,3-4,9H,2,5-8H2,(H,14,15). The fraction of sp³-hybridized carbons (Fsp3) is 0.417. The average Bonchev–Trinajstić information content (AvgIpc) is 2.71. The van der Waals surface area contributed by atoms with Gasteiger partial charge in [-0.05, 0) is 30.5 Å². The van der Waals surface area contributed by atoms with Crippen molar-refractivity contribution in [1.29, 1.82) is 0 Å². The second kappa shape index (κ2) is 4.91. The van der Waals surface area contributed by atoms with E-state index in [0.29, 0.717) is 0 Å². The van der Waals surface area contributed by atoms with Crippen molar-refractivity contribution in [3.8, 4) is 0 Å². The van der Waals surface area contributed by atoms with Crippen LogP contribution in [0.25, 0.3) is 0 Å². The van der Waals surface area contributed by atoms with Crippen molar-refractivity contribution in [2.45, 2.75) is 19.3 Å². The maximum absolute atomic E-state index is 12.9. The molecule has 0 aromatic heterocycles. The summed E-state index contributed by atoms with van der Waals surface area (Å²) in [7, 11) is 0. The number of amidine groups is 1. The maximum Gasteiger partial charge on any atom is 0.123 e. The summed E-state index contributed by atoms with van der Waals surface area (Å²) >= 11 is 0. The number of halogens is 1. The Morgan fingerprint density at radius 1 is 1.40 bits per heavy atom. The van der Waals surface area contributed by atoms with Crippen molar-refractivity contribution in [3.05, 3.63) is 35.6 Å². The molecule has 80 valence electrons. The normalized spacial score (nSPS) is 15.1. The molecule has 1 aliphatic rings. The minimum atomic E-state index is -0.161. The van der Waals surface area contributed by atoms with Crippen molar-refractivity contribution in [3.63, 3.8) is 0 Å². The summed E-state index contributed by atoms with van der Waals surface area (Å²) in [5.74, 6) is 0.942. The monoisotopic (exact) mass is 206 g/mol. The van der Waals surface area contributed by atoms with Crippen molar-refractivity contribution < 1.29 is 4.39 Å². The molecule has 0 unspecified atom stereocenters. The van der Waals surface area contributed by atoms with Crippen LogP contribution >= 0.6 is 0 Å². The Morgan fingerprint density at radius 3 is 3.07 bits per heavy atom. The Labute approximate surface area is 89.2 Å². The van der Waals surface area contributed by atoms with Crippen LogP contribution in [0.15, 0.2) is 29.3 Å². The molecule has 0 aliphatic carbocycles. The van der Waals surface area contributed by atoms with Gasteiger partial charge >= 0.3 is 0 Å². The molecule has 1 N–H and O–H groups in total. The number of nitrogens with one attached hydrogen (secondary N) is 1. The number of hydrogen-bond acceptors (Lipinski definition) is 2. The molecule has 2 nitrogen and oxygen atoms in total. The SMILES string of the molecule is Fc1cccc(CCNC2=NCCC2)c1. The summed E-state index contributed by atoms with van der Waals surface area (Å²) in [6.07, 6.45) is 3.06. The van der Waals surface area contributed by atoms with Crippen molar-refractivity contribution in [2.75, 3.05) is 13.1 Å². The maximum atomic E-state index is 12.9. The highest BCUT2D eigenvalue weighted by Crippen LogP contribution is 2.04. The molecular formula is C12H15FN2. The fourth-order valence-electron chi connectivity index (χ4n) is 1.73. The molecule has 0 fully saturated rings. The van der Waals surface area contributed by atoms with Gasteiger partial charge in [0, 0.05) is 19.5 Å². The molecule has 0 saturated carbocycles. The Hall–Kier alpha value is -1.38. The van der Waals surface area contributed by atoms with E-state index >= 15 is 0 Å². The van der Waals surface area contributed by atoms with Crippen LogP contribution in [-0.4, -0.2) is 18.9 Å². The zero-order chi connectivity index (χ0) is 10.5. The van der Waals surface area contributed by atoms with Crippen LogP contribution in [-0.2, 0) is 6.42 Å². The van der Waals surface area contributed by atoms with Gasteiger partial charge in [0.25, 0.3) is 0 Å². The molecule has 0 spiro atoms. The second-order valence-electron chi connectivity index (χ2n) is 3.74. The highest BCUT2D eigenvalue weighted by atomic mass is 19.1. The van der Waals surface area contributed by atoms with Crippen LogP contribution in [0.1, 0.15) is 18.4 Å². The van der Waals surface area contributed by atoms with Gasteiger partial charge in [-0.1, -0.05) is 12.1 Å². The second-order valence-corrected chi connectivity index (χ2v) is 3.74. The van der Waals surface area contributed by atoms with E-state index in [1.54, 1.807) is 12.1 Å². The van der Waals surface area contributed by atoms with Gasteiger partial charge in [0.15, 0.2) is 0 Å². The molecular weight excluding hydrogens is 191 g/mol. The summed E-state index contributed by atoms with van der Waals surface area (Å²) < 4.78 is 12.9. The van der Waals surface area contributed by atoms with Gasteiger partial charge in [0.2, 0.25) is 0 Å². The lowest BCUT2D eigenvalue weighted by Gasteiger charge is -2.05. The molecule has 1 aromatic rings. The molecule has 2 rings (SSSR count). The van der Waals surface area contributed by atoms with E-state index in [0.717, 1.165) is 43.8 Å². The summed E-state index contributed by atoms with van der Waals surface area (Å²) in [5.41, 5.74) is 1.03. The minimum Gasteiger partial charge on any atom is -0.374 e. The molecule has 1 aliphatic heterocycles. The van der Waals surface area contributed by atoms with Gasteiger partial charge in [0.05, 0.1) is 5.84 Å². The van der Waals surface area contributed by atoms with Gasteiger partial charge < -0.3 is 5.32 Å². The lowest BCUT2D eigenvalue weighted by molar-refractivity contribution is 0.625. The van der Waals surface area contributed by atoms with Gasteiger partial charge in [-0.2, -0.15) is 0 Å². The van der Waals surface area contributed by atoms with Crippen LogP contribution in [0.2, 0.25) is 0 Å². The Kier molecular flexibility index (Phi) is 3.33. The first kappa shape index (κ1) is 10.1. The molecule has 1 heterocycles. The van der Waals surface area contributed by atoms with Gasteiger partial charge in [-0.25, -0.2) is 4.39 Å². The fourth-order valence-corrected chi connectivity index (χ4v) is 1.73. The van der Waals surface area contributed by atoms with Crippen LogP contribution in [0, 0.1) is 5.82 Å². The minimum absolute atomic E-state index is 0.161. The van der Waals surface area contributed by atoms with E-state index in [4.69, 9.17) is 0 Å². The quantitative estimate of drug-likeness (QED) is 0.805. The smallest absolute Gasteiger partial charge is 0.123 e. The lowest BCUT2D eigenvalue weighted by Crippen LogP contribution is -2.23. The van der Waals surface area contributed by atoms with Crippen molar-refractivity contribution in [2.24, 2.45) is 4.99 Å². The third-order valence-corrected chi connectivity index (χ3v) is 2.51. The average molecular weight is 206 g/mol. The molecule has 0 saturated heterocycles. The lowest BCUT2D eigenvalue weighted by atomic mass is 10.1. The van der Waals surface area contributed by atoms with Gasteiger partial charge in [-0.3, -0.25) is 4.99 Å². The molecule has 0 atom stereocenters. The largest absolute Gasteiger partial charge is 0.374 e. The van der Waals surface area contributed by atoms with Crippen molar-refractivity contribution in [1.82, 2.24) is 5.32 Å². The molecule has 15 heavy (non-hydrogen) atoms. The third kappa shape index (κ3) is 3.05. The Morgan fingerprint density at radius 2 is 2.33 bits per heavy atom. The summed E-state index contributed by atoms with van der Waals surface area (Å²) in [6.45, 7) is 1.78. The predicted molar refractivity (Wildman–Crippen MR) is 59.6 cm³/mol.